The zero-order chi connectivity index (χ0) is 15.4. The lowest BCUT2D eigenvalue weighted by atomic mass is 10.0. The molecule has 0 heterocycles. The van der Waals surface area contributed by atoms with Crippen LogP contribution >= 0.6 is 0 Å². The second kappa shape index (κ2) is 6.17. The molecule has 110 valence electrons. The molecule has 2 aromatic carbocycles. The fourth-order valence-electron chi connectivity index (χ4n) is 2.06. The molecule has 5 heteroatoms. The summed E-state index contributed by atoms with van der Waals surface area (Å²) in [7, 11) is 1.43. The summed E-state index contributed by atoms with van der Waals surface area (Å²) in [6.45, 7) is 0. The van der Waals surface area contributed by atoms with Gasteiger partial charge in [-0.1, -0.05) is 6.07 Å². The first-order chi connectivity index (χ1) is 10.0. The van der Waals surface area contributed by atoms with Crippen LogP contribution in [0.5, 0.6) is 23.0 Å². The molecule has 0 amide bonds. The number of benzene rings is 2. The highest BCUT2D eigenvalue weighted by atomic mass is 16.5. The van der Waals surface area contributed by atoms with E-state index in [9.17, 15) is 20.1 Å². The molecule has 0 radical (unpaired) electrons. The number of hydrogen-bond donors (Lipinski definition) is 3. The van der Waals surface area contributed by atoms with E-state index in [1.54, 1.807) is 6.07 Å². The molecule has 0 atom stereocenters. The molecule has 0 spiro atoms. The summed E-state index contributed by atoms with van der Waals surface area (Å²) in [4.78, 5) is 12.2. The van der Waals surface area contributed by atoms with Crippen molar-refractivity contribution >= 4 is 5.78 Å². The maximum atomic E-state index is 12.2. The minimum absolute atomic E-state index is 0.0252. The summed E-state index contributed by atoms with van der Waals surface area (Å²) in [6.07, 6.45) is 0.522. The van der Waals surface area contributed by atoms with Crippen molar-refractivity contribution in [1.82, 2.24) is 0 Å². The summed E-state index contributed by atoms with van der Waals surface area (Å²) in [5.41, 5.74) is 0.965. The van der Waals surface area contributed by atoms with Crippen molar-refractivity contribution in [1.29, 1.82) is 0 Å². The molecule has 3 N–H and O–H groups in total. The van der Waals surface area contributed by atoms with Crippen molar-refractivity contribution in [3.63, 3.8) is 0 Å². The molecule has 0 saturated heterocycles. The highest BCUT2D eigenvalue weighted by Crippen LogP contribution is 2.27. The number of carbonyl (C=O) groups is 1. The maximum Gasteiger partial charge on any atom is 0.166 e. The van der Waals surface area contributed by atoms with Gasteiger partial charge in [-0.05, 0) is 30.2 Å². The van der Waals surface area contributed by atoms with Gasteiger partial charge in [0.25, 0.3) is 0 Å². The minimum atomic E-state index is -0.153. The van der Waals surface area contributed by atoms with Gasteiger partial charge in [-0.2, -0.15) is 0 Å². The molecule has 0 aliphatic heterocycles. The summed E-state index contributed by atoms with van der Waals surface area (Å²) in [5.74, 6) is 0.122. The van der Waals surface area contributed by atoms with E-state index in [-0.39, 0.29) is 29.5 Å². The van der Waals surface area contributed by atoms with Gasteiger partial charge in [-0.25, -0.2) is 0 Å². The molecule has 2 aromatic rings. The number of aryl methyl sites for hydroxylation is 1. The van der Waals surface area contributed by atoms with E-state index in [4.69, 9.17) is 4.74 Å². The van der Waals surface area contributed by atoms with Crippen LogP contribution in [0.25, 0.3) is 0 Å². The first-order valence-corrected chi connectivity index (χ1v) is 6.42. The SMILES string of the molecule is COc1cc(O)ccc1C(=O)CCc1ccc(O)cc1O. The lowest BCUT2D eigenvalue weighted by Gasteiger charge is -2.09. The molecule has 5 nitrogen and oxygen atoms in total. The van der Waals surface area contributed by atoms with Gasteiger partial charge >= 0.3 is 0 Å². The van der Waals surface area contributed by atoms with Crippen LogP contribution in [0, 0.1) is 0 Å². The third kappa shape index (κ3) is 3.45. The highest BCUT2D eigenvalue weighted by Gasteiger charge is 2.14. The Labute approximate surface area is 122 Å². The van der Waals surface area contributed by atoms with Gasteiger partial charge in [0.2, 0.25) is 0 Å². The number of Topliss-reactive ketones (excluding diaryl/α,β-unsaturated/α-hetero) is 1. The monoisotopic (exact) mass is 288 g/mol. The largest absolute Gasteiger partial charge is 0.508 e. The number of ether oxygens (including phenoxy) is 1. The van der Waals surface area contributed by atoms with Crippen LogP contribution in [0.4, 0.5) is 0 Å². The number of phenols is 3. The van der Waals surface area contributed by atoms with Gasteiger partial charge in [0.05, 0.1) is 12.7 Å². The van der Waals surface area contributed by atoms with Crippen LogP contribution in [-0.2, 0) is 6.42 Å². The lowest BCUT2D eigenvalue weighted by Crippen LogP contribution is -2.04. The fourth-order valence-corrected chi connectivity index (χ4v) is 2.06. The fraction of sp³-hybridized carbons (Fsp3) is 0.188. The molecule has 0 aliphatic rings. The van der Waals surface area contributed by atoms with Crippen LogP contribution in [0.3, 0.4) is 0 Å². The number of rotatable bonds is 5. The number of ketones is 1. The molecule has 0 saturated carbocycles. The lowest BCUT2D eigenvalue weighted by molar-refractivity contribution is 0.0980. The highest BCUT2D eigenvalue weighted by molar-refractivity contribution is 5.99. The Morgan fingerprint density at radius 3 is 2.38 bits per heavy atom. The van der Waals surface area contributed by atoms with Gasteiger partial charge < -0.3 is 20.1 Å². The van der Waals surface area contributed by atoms with E-state index in [0.29, 0.717) is 23.3 Å². The normalized spacial score (nSPS) is 10.3. The van der Waals surface area contributed by atoms with Gasteiger partial charge in [0.1, 0.15) is 23.0 Å². The number of aromatic hydroxyl groups is 3. The number of carbonyl (C=O) groups excluding carboxylic acids is 1. The number of phenolic OH excluding ortho intramolecular Hbond substituents is 3. The molecule has 0 unspecified atom stereocenters. The molecule has 0 bridgehead atoms. The second-order valence-electron chi connectivity index (χ2n) is 4.62. The van der Waals surface area contributed by atoms with Crippen LogP contribution < -0.4 is 4.74 Å². The summed E-state index contributed by atoms with van der Waals surface area (Å²) >= 11 is 0. The van der Waals surface area contributed by atoms with Crippen LogP contribution in [0.15, 0.2) is 36.4 Å². The van der Waals surface area contributed by atoms with E-state index in [1.807, 2.05) is 0 Å². The Morgan fingerprint density at radius 2 is 1.71 bits per heavy atom. The van der Waals surface area contributed by atoms with Gasteiger partial charge in [0.15, 0.2) is 5.78 Å². The molecule has 0 fully saturated rings. The first-order valence-electron chi connectivity index (χ1n) is 6.42. The van der Waals surface area contributed by atoms with Crippen molar-refractivity contribution < 1.29 is 24.9 Å². The van der Waals surface area contributed by atoms with Crippen LogP contribution in [-0.4, -0.2) is 28.2 Å². The zero-order valence-electron chi connectivity index (χ0n) is 11.5. The Kier molecular flexibility index (Phi) is 4.33. The molecule has 2 rings (SSSR count). The molecular weight excluding hydrogens is 272 g/mol. The van der Waals surface area contributed by atoms with E-state index >= 15 is 0 Å². The molecular formula is C16H16O5. The Bertz CT molecular complexity index is 664. The smallest absolute Gasteiger partial charge is 0.166 e. The third-order valence-corrected chi connectivity index (χ3v) is 3.18. The second-order valence-corrected chi connectivity index (χ2v) is 4.62. The number of methoxy groups -OCH3 is 1. The van der Waals surface area contributed by atoms with Crippen LogP contribution in [0.2, 0.25) is 0 Å². The average molecular weight is 288 g/mol. The van der Waals surface area contributed by atoms with E-state index in [0.717, 1.165) is 0 Å². The van der Waals surface area contributed by atoms with E-state index < -0.39 is 0 Å². The Morgan fingerprint density at radius 1 is 1.05 bits per heavy atom. The van der Waals surface area contributed by atoms with E-state index in [2.05, 4.69) is 0 Å². The zero-order valence-corrected chi connectivity index (χ0v) is 11.5. The topological polar surface area (TPSA) is 87.0 Å². The van der Waals surface area contributed by atoms with E-state index in [1.165, 1.54) is 37.4 Å². The van der Waals surface area contributed by atoms with Gasteiger partial charge in [-0.3, -0.25) is 4.79 Å². The maximum absolute atomic E-state index is 12.2. The van der Waals surface area contributed by atoms with Crippen molar-refractivity contribution in [2.24, 2.45) is 0 Å². The standard InChI is InChI=1S/C16H16O5/c1-21-16-9-12(18)5-6-13(16)14(19)7-3-10-2-4-11(17)8-15(10)20/h2,4-6,8-9,17-18,20H,3,7H2,1H3. The van der Waals surface area contributed by atoms with Gasteiger partial charge in [0, 0.05) is 18.6 Å². The van der Waals surface area contributed by atoms with Crippen molar-refractivity contribution in [3.05, 3.63) is 47.5 Å². The Balaban J connectivity index is 2.11. The molecule has 0 aromatic heterocycles. The third-order valence-electron chi connectivity index (χ3n) is 3.18. The minimum Gasteiger partial charge on any atom is -0.508 e. The Hall–Kier alpha value is -2.69. The predicted molar refractivity (Wildman–Crippen MR) is 77.1 cm³/mol. The average Bonchev–Trinajstić information content (AvgIpc) is 2.45. The van der Waals surface area contributed by atoms with Crippen molar-refractivity contribution in [3.8, 4) is 23.0 Å². The quantitative estimate of drug-likeness (QED) is 0.736. The van der Waals surface area contributed by atoms with Gasteiger partial charge in [-0.15, -0.1) is 0 Å². The van der Waals surface area contributed by atoms with Crippen molar-refractivity contribution in [2.75, 3.05) is 7.11 Å². The molecule has 0 aliphatic carbocycles. The molecule has 21 heavy (non-hydrogen) atoms. The summed E-state index contributed by atoms with van der Waals surface area (Å²) in [6, 6.07) is 8.58. The first kappa shape index (κ1) is 14.7. The summed E-state index contributed by atoms with van der Waals surface area (Å²) < 4.78 is 5.08. The van der Waals surface area contributed by atoms with Crippen molar-refractivity contribution in [2.45, 2.75) is 12.8 Å². The van der Waals surface area contributed by atoms with Crippen LogP contribution in [0.1, 0.15) is 22.3 Å². The number of hydrogen-bond acceptors (Lipinski definition) is 5. The summed E-state index contributed by atoms with van der Waals surface area (Å²) in [5, 5.41) is 28.3. The predicted octanol–water partition coefficient (Wildman–Crippen LogP) is 2.63.